The van der Waals surface area contributed by atoms with Gasteiger partial charge < -0.3 is 9.64 Å². The number of fused-ring (bicyclic) bond motifs is 2. The Kier molecular flexibility index (Phi) is 7.75. The number of hydrogen-bond acceptors (Lipinski definition) is 8. The van der Waals surface area contributed by atoms with Crippen molar-refractivity contribution in [2.75, 3.05) is 6.54 Å². The van der Waals surface area contributed by atoms with E-state index in [0.717, 1.165) is 4.90 Å². The van der Waals surface area contributed by atoms with Crippen molar-refractivity contribution < 1.29 is 36.4 Å². The molecule has 31 heavy (non-hydrogen) atoms. The van der Waals surface area contributed by atoms with Gasteiger partial charge in [0.1, 0.15) is 11.6 Å². The Hall–Kier alpha value is -2.97. The minimum absolute atomic E-state index is 0.0544. The highest BCUT2D eigenvalue weighted by atomic mass is 32.3. The Morgan fingerprint density at radius 3 is 2.29 bits per heavy atom. The Balaban J connectivity index is 0.000000488. The van der Waals surface area contributed by atoms with Crippen LogP contribution in [0.1, 0.15) is 33.6 Å². The van der Waals surface area contributed by atoms with Crippen molar-refractivity contribution in [3.8, 4) is 0 Å². The van der Waals surface area contributed by atoms with Gasteiger partial charge in [-0.15, -0.1) is 4.28 Å². The third-order valence-corrected chi connectivity index (χ3v) is 4.40. The second-order valence-corrected chi connectivity index (χ2v) is 8.66. The normalized spacial score (nSPS) is 20.5. The first-order valence-electron chi connectivity index (χ1n) is 9.28. The highest BCUT2D eigenvalue weighted by Gasteiger charge is 2.49. The lowest BCUT2D eigenvalue weighted by Crippen LogP contribution is -2.54. The summed E-state index contributed by atoms with van der Waals surface area (Å²) in [7, 11) is -4.85. The van der Waals surface area contributed by atoms with E-state index in [-0.39, 0.29) is 19.4 Å². The number of urea groups is 1. The van der Waals surface area contributed by atoms with Crippen LogP contribution in [0.15, 0.2) is 30.6 Å². The van der Waals surface area contributed by atoms with Gasteiger partial charge in [0.05, 0.1) is 6.04 Å². The molecule has 3 N–H and O–H groups in total. The number of nitrogens with zero attached hydrogens (tertiary/aromatic N) is 3. The van der Waals surface area contributed by atoms with Crippen molar-refractivity contribution in [2.24, 2.45) is 0 Å². The summed E-state index contributed by atoms with van der Waals surface area (Å²) in [5.41, 5.74) is 3.49. The summed E-state index contributed by atoms with van der Waals surface area (Å²) in [5.74, 6) is -0.661. The average molecular weight is 459 g/mol. The van der Waals surface area contributed by atoms with Crippen molar-refractivity contribution in [3.05, 3.63) is 30.6 Å². The van der Waals surface area contributed by atoms with Gasteiger partial charge in [-0.05, 0) is 45.7 Å². The van der Waals surface area contributed by atoms with Gasteiger partial charge in [0.2, 0.25) is 0 Å². The van der Waals surface area contributed by atoms with Crippen LogP contribution in [0.4, 0.5) is 9.59 Å². The topological polar surface area (TPSA) is 167 Å². The lowest BCUT2D eigenvalue weighted by molar-refractivity contribution is -0.127. The zero-order chi connectivity index (χ0) is 23.2. The van der Waals surface area contributed by atoms with E-state index in [1.807, 2.05) is 18.2 Å². The number of hydrogen-bond donors (Lipinski definition) is 3. The molecule has 2 atom stereocenters. The maximum Gasteiger partial charge on any atom is 0.426 e. The quantitative estimate of drug-likeness (QED) is 0.433. The summed E-state index contributed by atoms with van der Waals surface area (Å²) in [6.07, 6.45) is 3.14. The second-order valence-electron chi connectivity index (χ2n) is 7.65. The van der Waals surface area contributed by atoms with Crippen LogP contribution >= 0.6 is 0 Å². The van der Waals surface area contributed by atoms with E-state index in [4.69, 9.17) is 9.29 Å². The molecule has 0 aromatic carbocycles. The fourth-order valence-electron chi connectivity index (χ4n) is 2.92. The summed E-state index contributed by atoms with van der Waals surface area (Å²) < 4.78 is 39.6. The number of piperidine rings is 1. The standard InChI is InChI=1S/C12H20N4O8S.C5H5N/c1-12(2,3)23-10(18)14-13-9(17)8-5-4-7-6-15(8)11(19)16(7)24-25(20,21)22;1-2-4-6-5-3-1/h7-8H,4-6H2,1-3H3,(H,13,17)(H,14,18)(H,20,21,22);1-5H. The molecule has 0 saturated carbocycles. The predicted molar refractivity (Wildman–Crippen MR) is 105 cm³/mol. The maximum absolute atomic E-state index is 12.2. The van der Waals surface area contributed by atoms with E-state index in [9.17, 15) is 22.8 Å². The zero-order valence-electron chi connectivity index (χ0n) is 17.2. The van der Waals surface area contributed by atoms with Crippen LogP contribution < -0.4 is 10.9 Å². The van der Waals surface area contributed by atoms with Gasteiger partial charge in [0.25, 0.3) is 5.91 Å². The van der Waals surface area contributed by atoms with E-state index in [2.05, 4.69) is 20.1 Å². The van der Waals surface area contributed by atoms with Crippen molar-refractivity contribution in [1.82, 2.24) is 25.8 Å². The van der Waals surface area contributed by atoms with Gasteiger partial charge in [-0.2, -0.15) is 13.5 Å². The number of aromatic nitrogens is 1. The molecule has 14 heteroatoms. The smallest absolute Gasteiger partial charge is 0.426 e. The molecule has 13 nitrogen and oxygen atoms in total. The van der Waals surface area contributed by atoms with Gasteiger partial charge >= 0.3 is 22.5 Å². The first kappa shape index (κ1) is 24.3. The molecule has 0 spiro atoms. The first-order chi connectivity index (χ1) is 14.4. The molecule has 2 aliphatic heterocycles. The summed E-state index contributed by atoms with van der Waals surface area (Å²) in [4.78, 5) is 40.8. The van der Waals surface area contributed by atoms with Crippen LogP contribution in [0.3, 0.4) is 0 Å². The fourth-order valence-corrected chi connectivity index (χ4v) is 3.30. The van der Waals surface area contributed by atoms with Gasteiger partial charge in [-0.3, -0.25) is 19.8 Å². The van der Waals surface area contributed by atoms with E-state index in [1.54, 1.807) is 33.2 Å². The largest absolute Gasteiger partial charge is 0.443 e. The number of carbonyl (C=O) groups is 3. The number of amides is 4. The number of hydrazine groups is 1. The molecule has 2 bridgehead atoms. The minimum atomic E-state index is -4.85. The molecule has 2 unspecified atom stereocenters. The van der Waals surface area contributed by atoms with Gasteiger partial charge in [0, 0.05) is 18.9 Å². The summed E-state index contributed by atoms with van der Waals surface area (Å²) in [6, 6.07) is 3.33. The van der Waals surface area contributed by atoms with E-state index in [1.165, 1.54) is 0 Å². The molecule has 2 saturated heterocycles. The van der Waals surface area contributed by atoms with Crippen molar-refractivity contribution in [1.29, 1.82) is 0 Å². The van der Waals surface area contributed by atoms with Crippen LogP contribution in [0.5, 0.6) is 0 Å². The highest BCUT2D eigenvalue weighted by molar-refractivity contribution is 7.80. The van der Waals surface area contributed by atoms with E-state index in [0.29, 0.717) is 5.06 Å². The van der Waals surface area contributed by atoms with Crippen LogP contribution in [0.25, 0.3) is 0 Å². The second kappa shape index (κ2) is 9.89. The molecule has 3 rings (SSSR count). The lowest BCUT2D eigenvalue weighted by Gasteiger charge is -2.29. The first-order valence-corrected chi connectivity index (χ1v) is 10.6. The Bertz CT molecular complexity index is 863. The molecular formula is C17H25N5O8S. The van der Waals surface area contributed by atoms with Gasteiger partial charge in [-0.25, -0.2) is 15.0 Å². The monoisotopic (exact) mass is 459 g/mol. The summed E-state index contributed by atoms with van der Waals surface area (Å²) >= 11 is 0. The molecule has 2 fully saturated rings. The van der Waals surface area contributed by atoms with Crippen molar-refractivity contribution in [2.45, 2.75) is 51.3 Å². The van der Waals surface area contributed by atoms with Crippen LogP contribution in [0.2, 0.25) is 0 Å². The average Bonchev–Trinajstić information content (AvgIpc) is 2.90. The SMILES string of the molecule is CC(C)(C)OC(=O)NNC(=O)C1CCC2CN1C(=O)N2OS(=O)(=O)O.c1ccncc1. The van der Waals surface area contributed by atoms with Gasteiger partial charge in [0.15, 0.2) is 0 Å². The summed E-state index contributed by atoms with van der Waals surface area (Å²) in [6.45, 7) is 5.02. The number of rotatable bonds is 3. The molecule has 2 aliphatic rings. The molecular weight excluding hydrogens is 434 g/mol. The number of nitrogens with one attached hydrogen (secondary N) is 2. The minimum Gasteiger partial charge on any atom is -0.443 e. The van der Waals surface area contributed by atoms with Crippen molar-refractivity contribution in [3.63, 3.8) is 0 Å². The highest BCUT2D eigenvalue weighted by Crippen LogP contribution is 2.30. The zero-order valence-corrected chi connectivity index (χ0v) is 18.0. The number of hydroxylamine groups is 2. The molecule has 4 amide bonds. The van der Waals surface area contributed by atoms with Gasteiger partial charge in [-0.1, -0.05) is 6.07 Å². The van der Waals surface area contributed by atoms with Crippen LogP contribution in [-0.4, -0.2) is 70.2 Å². The molecule has 0 aliphatic carbocycles. The lowest BCUT2D eigenvalue weighted by atomic mass is 10.0. The predicted octanol–water partition coefficient (Wildman–Crippen LogP) is 0.627. The third-order valence-electron chi connectivity index (χ3n) is 4.05. The molecule has 0 radical (unpaired) electrons. The molecule has 1 aromatic rings. The number of ether oxygens (including phenoxy) is 1. The van der Waals surface area contributed by atoms with Crippen LogP contribution in [0, 0.1) is 0 Å². The molecule has 1 aromatic heterocycles. The number of pyridine rings is 1. The van der Waals surface area contributed by atoms with E-state index >= 15 is 0 Å². The van der Waals surface area contributed by atoms with E-state index < -0.39 is 46.1 Å². The summed E-state index contributed by atoms with van der Waals surface area (Å²) in [5, 5.41) is 0.532. The maximum atomic E-state index is 12.2. The molecule has 172 valence electrons. The molecule has 3 heterocycles. The van der Waals surface area contributed by atoms with Crippen LogP contribution in [-0.2, 0) is 24.2 Å². The Labute approximate surface area is 179 Å². The van der Waals surface area contributed by atoms with Crippen molar-refractivity contribution >= 4 is 28.4 Å². The fraction of sp³-hybridized carbons (Fsp3) is 0.529. The Morgan fingerprint density at radius 2 is 1.81 bits per heavy atom. The third kappa shape index (κ3) is 7.66. The number of carbonyl (C=O) groups excluding carboxylic acids is 3. The Morgan fingerprint density at radius 1 is 1.16 bits per heavy atom.